The summed E-state index contributed by atoms with van der Waals surface area (Å²) in [7, 11) is 0. The molecule has 0 aromatic carbocycles. The quantitative estimate of drug-likeness (QED) is 0.480. The predicted molar refractivity (Wildman–Crippen MR) is 54.8 cm³/mol. The van der Waals surface area contributed by atoms with Crippen molar-refractivity contribution in [2.24, 2.45) is 5.41 Å². The summed E-state index contributed by atoms with van der Waals surface area (Å²) < 4.78 is 0. The van der Waals surface area contributed by atoms with Gasteiger partial charge in [-0.2, -0.15) is 0 Å². The topological polar surface area (TPSA) is 12.0 Å². The maximum absolute atomic E-state index is 5.74. The number of hydrogen-bond donors (Lipinski definition) is 1. The van der Waals surface area contributed by atoms with E-state index in [1.165, 1.54) is 45.2 Å². The summed E-state index contributed by atoms with van der Waals surface area (Å²) in [5, 5.41) is 3.52. The van der Waals surface area contributed by atoms with Gasteiger partial charge in [0.05, 0.1) is 0 Å². The smallest absolute Gasteiger partial charge is 0.0229 e. The SMILES string of the molecule is CCCCNCC1(CCCl)CC1. The molecule has 1 aliphatic carbocycles. The van der Waals surface area contributed by atoms with Gasteiger partial charge in [0.1, 0.15) is 0 Å². The summed E-state index contributed by atoms with van der Waals surface area (Å²) in [5.74, 6) is 0.829. The van der Waals surface area contributed by atoms with E-state index in [2.05, 4.69) is 12.2 Å². The second kappa shape index (κ2) is 5.08. The van der Waals surface area contributed by atoms with Gasteiger partial charge in [-0.25, -0.2) is 0 Å². The van der Waals surface area contributed by atoms with Gasteiger partial charge in [0.2, 0.25) is 0 Å². The fourth-order valence-electron chi connectivity index (χ4n) is 1.55. The number of alkyl halides is 1. The van der Waals surface area contributed by atoms with E-state index in [-0.39, 0.29) is 0 Å². The molecule has 0 saturated heterocycles. The Kier molecular flexibility index (Phi) is 4.38. The van der Waals surface area contributed by atoms with Crippen molar-refractivity contribution in [3.8, 4) is 0 Å². The van der Waals surface area contributed by atoms with Gasteiger partial charge in [-0.15, -0.1) is 11.6 Å². The van der Waals surface area contributed by atoms with Gasteiger partial charge in [0, 0.05) is 12.4 Å². The fraction of sp³-hybridized carbons (Fsp3) is 1.00. The van der Waals surface area contributed by atoms with Crippen molar-refractivity contribution in [1.29, 1.82) is 0 Å². The van der Waals surface area contributed by atoms with E-state index in [0.29, 0.717) is 5.41 Å². The van der Waals surface area contributed by atoms with Crippen LogP contribution in [-0.2, 0) is 0 Å². The molecule has 0 bridgehead atoms. The molecule has 1 aliphatic rings. The minimum atomic E-state index is 0.607. The number of nitrogens with one attached hydrogen (secondary N) is 1. The van der Waals surface area contributed by atoms with Crippen LogP contribution >= 0.6 is 11.6 Å². The Morgan fingerprint density at radius 2 is 2.17 bits per heavy atom. The molecule has 0 atom stereocenters. The molecule has 1 saturated carbocycles. The lowest BCUT2D eigenvalue weighted by molar-refractivity contribution is 0.443. The molecule has 0 aliphatic heterocycles. The van der Waals surface area contributed by atoms with Crippen LogP contribution in [0, 0.1) is 5.41 Å². The van der Waals surface area contributed by atoms with Crippen LogP contribution in [0.4, 0.5) is 0 Å². The van der Waals surface area contributed by atoms with Crippen LogP contribution in [0.5, 0.6) is 0 Å². The lowest BCUT2D eigenvalue weighted by Gasteiger charge is -2.13. The number of halogens is 1. The molecule has 1 N–H and O–H groups in total. The highest BCUT2D eigenvalue weighted by Gasteiger charge is 2.40. The monoisotopic (exact) mass is 189 g/mol. The van der Waals surface area contributed by atoms with Gasteiger partial charge in [-0.1, -0.05) is 13.3 Å². The first kappa shape index (κ1) is 10.3. The first-order valence-electron chi connectivity index (χ1n) is 5.10. The lowest BCUT2D eigenvalue weighted by Crippen LogP contribution is -2.25. The zero-order valence-electron chi connectivity index (χ0n) is 8.03. The van der Waals surface area contributed by atoms with E-state index in [9.17, 15) is 0 Å². The van der Waals surface area contributed by atoms with E-state index in [4.69, 9.17) is 11.6 Å². The molecule has 0 aromatic heterocycles. The van der Waals surface area contributed by atoms with Crippen molar-refractivity contribution in [1.82, 2.24) is 5.32 Å². The second-order valence-corrected chi connectivity index (χ2v) is 4.35. The first-order valence-corrected chi connectivity index (χ1v) is 5.63. The minimum Gasteiger partial charge on any atom is -0.316 e. The molecule has 0 amide bonds. The zero-order valence-corrected chi connectivity index (χ0v) is 8.79. The molecule has 1 nitrogen and oxygen atoms in total. The molecular weight excluding hydrogens is 170 g/mol. The van der Waals surface area contributed by atoms with E-state index in [1.807, 2.05) is 0 Å². The molecule has 0 aromatic rings. The van der Waals surface area contributed by atoms with Crippen LogP contribution in [0.2, 0.25) is 0 Å². The minimum absolute atomic E-state index is 0.607. The third-order valence-corrected chi connectivity index (χ3v) is 2.98. The molecule has 2 heteroatoms. The van der Waals surface area contributed by atoms with E-state index in [0.717, 1.165) is 5.88 Å². The Labute approximate surface area is 80.9 Å². The lowest BCUT2D eigenvalue weighted by atomic mass is 10.0. The van der Waals surface area contributed by atoms with Crippen molar-refractivity contribution in [3.05, 3.63) is 0 Å². The highest BCUT2D eigenvalue weighted by Crippen LogP contribution is 2.48. The number of unbranched alkanes of at least 4 members (excludes halogenated alkanes) is 1. The third kappa shape index (κ3) is 3.32. The zero-order chi connectivity index (χ0) is 8.86. The van der Waals surface area contributed by atoms with E-state index < -0.39 is 0 Å². The molecule has 0 radical (unpaired) electrons. The Hall–Kier alpha value is 0.250. The van der Waals surface area contributed by atoms with Crippen molar-refractivity contribution >= 4 is 11.6 Å². The van der Waals surface area contributed by atoms with Crippen molar-refractivity contribution in [3.63, 3.8) is 0 Å². The maximum atomic E-state index is 5.74. The summed E-state index contributed by atoms with van der Waals surface area (Å²) in [6.45, 7) is 4.60. The Morgan fingerprint density at radius 1 is 1.42 bits per heavy atom. The molecule has 12 heavy (non-hydrogen) atoms. The third-order valence-electron chi connectivity index (χ3n) is 2.79. The number of rotatable bonds is 7. The highest BCUT2D eigenvalue weighted by atomic mass is 35.5. The molecule has 0 spiro atoms. The maximum Gasteiger partial charge on any atom is 0.0229 e. The van der Waals surface area contributed by atoms with E-state index >= 15 is 0 Å². The number of hydrogen-bond acceptors (Lipinski definition) is 1. The van der Waals surface area contributed by atoms with Gasteiger partial charge in [0.15, 0.2) is 0 Å². The van der Waals surface area contributed by atoms with Crippen LogP contribution < -0.4 is 5.32 Å². The largest absolute Gasteiger partial charge is 0.316 e. The molecule has 1 fully saturated rings. The molecule has 72 valence electrons. The van der Waals surface area contributed by atoms with Gasteiger partial charge in [0.25, 0.3) is 0 Å². The summed E-state index contributed by atoms with van der Waals surface area (Å²) in [6, 6.07) is 0. The van der Waals surface area contributed by atoms with Crippen LogP contribution in [0.25, 0.3) is 0 Å². The van der Waals surface area contributed by atoms with Crippen LogP contribution in [-0.4, -0.2) is 19.0 Å². The van der Waals surface area contributed by atoms with Gasteiger partial charge < -0.3 is 5.32 Å². The first-order chi connectivity index (χ1) is 5.83. The van der Waals surface area contributed by atoms with Crippen molar-refractivity contribution < 1.29 is 0 Å². The van der Waals surface area contributed by atoms with Gasteiger partial charge in [-0.05, 0) is 37.6 Å². The average Bonchev–Trinajstić information content (AvgIpc) is 2.81. The van der Waals surface area contributed by atoms with Gasteiger partial charge >= 0.3 is 0 Å². The van der Waals surface area contributed by atoms with E-state index in [1.54, 1.807) is 0 Å². The Morgan fingerprint density at radius 3 is 2.67 bits per heavy atom. The van der Waals surface area contributed by atoms with Crippen LogP contribution in [0.3, 0.4) is 0 Å². The van der Waals surface area contributed by atoms with Gasteiger partial charge in [-0.3, -0.25) is 0 Å². The van der Waals surface area contributed by atoms with Crippen LogP contribution in [0.15, 0.2) is 0 Å². The second-order valence-electron chi connectivity index (χ2n) is 3.97. The highest BCUT2D eigenvalue weighted by molar-refractivity contribution is 6.17. The molecular formula is C10H20ClN. The summed E-state index contributed by atoms with van der Waals surface area (Å²) >= 11 is 5.74. The standard InChI is InChI=1S/C10H20ClN/c1-2-3-8-12-9-10(4-5-10)6-7-11/h12H,2-9H2,1H3. The average molecular weight is 190 g/mol. The molecule has 0 unspecified atom stereocenters. The van der Waals surface area contributed by atoms with Crippen molar-refractivity contribution in [2.75, 3.05) is 19.0 Å². The molecule has 1 rings (SSSR count). The Bertz CT molecular complexity index is 121. The fourth-order valence-corrected chi connectivity index (χ4v) is 1.95. The summed E-state index contributed by atoms with van der Waals surface area (Å²) in [6.07, 6.45) is 6.57. The predicted octanol–water partition coefficient (Wildman–Crippen LogP) is 2.79. The summed E-state index contributed by atoms with van der Waals surface area (Å²) in [5.41, 5.74) is 0.607. The van der Waals surface area contributed by atoms with Crippen LogP contribution in [0.1, 0.15) is 39.0 Å². The summed E-state index contributed by atoms with van der Waals surface area (Å²) in [4.78, 5) is 0. The molecule has 0 heterocycles. The normalized spacial score (nSPS) is 19.5. The Balaban J connectivity index is 1.98. The van der Waals surface area contributed by atoms with Crippen molar-refractivity contribution in [2.45, 2.75) is 39.0 Å².